The number of nitrogens with zero attached hydrogens (tertiary/aromatic N) is 1. The number of H-pyrrole nitrogens is 1. The molecule has 6 nitrogen and oxygen atoms in total. The second-order valence-corrected chi connectivity index (χ2v) is 6.59. The topological polar surface area (TPSA) is 79.0 Å². The van der Waals surface area contributed by atoms with Gasteiger partial charge in [-0.15, -0.1) is 0 Å². The van der Waals surface area contributed by atoms with Crippen molar-refractivity contribution in [1.82, 2.24) is 15.4 Å². The minimum Gasteiger partial charge on any atom is -0.351 e. The fourth-order valence-corrected chi connectivity index (χ4v) is 2.75. The maximum atomic E-state index is 14.3. The molecule has 1 aromatic carbocycles. The van der Waals surface area contributed by atoms with Crippen molar-refractivity contribution < 1.29 is 14.0 Å². The van der Waals surface area contributed by atoms with Crippen molar-refractivity contribution in [2.45, 2.75) is 33.6 Å². The normalized spacial score (nSPS) is 13.0. The third-order valence-electron chi connectivity index (χ3n) is 4.39. The van der Waals surface area contributed by atoms with E-state index in [1.165, 1.54) is 6.07 Å². The molecule has 1 aliphatic rings. The molecule has 1 aliphatic carbocycles. The number of aromatic nitrogens is 2. The molecule has 0 bridgehead atoms. The smallest absolute Gasteiger partial charge is 0.293 e. The van der Waals surface area contributed by atoms with E-state index in [1.54, 1.807) is 30.6 Å². The first-order chi connectivity index (χ1) is 13.6. The summed E-state index contributed by atoms with van der Waals surface area (Å²) in [7, 11) is 0. The lowest BCUT2D eigenvalue weighted by Gasteiger charge is -2.10. The molecule has 1 saturated carbocycles. The molecule has 28 heavy (non-hydrogen) atoms. The Kier molecular flexibility index (Phi) is 6.26. The van der Waals surface area contributed by atoms with Crippen LogP contribution in [-0.4, -0.2) is 22.5 Å². The van der Waals surface area contributed by atoms with Gasteiger partial charge >= 0.3 is 0 Å². The molecule has 3 N–H and O–H groups in total. The second kappa shape index (κ2) is 8.84. The first-order valence-corrected chi connectivity index (χ1v) is 9.53. The number of fused-ring (bicyclic) bond motifs is 1. The summed E-state index contributed by atoms with van der Waals surface area (Å²) in [5.41, 5.74) is 5.02. The van der Waals surface area contributed by atoms with E-state index in [1.807, 2.05) is 20.8 Å². The van der Waals surface area contributed by atoms with Gasteiger partial charge in [-0.3, -0.25) is 14.6 Å². The van der Waals surface area contributed by atoms with E-state index >= 15 is 0 Å². The molecule has 0 atom stereocenters. The van der Waals surface area contributed by atoms with Gasteiger partial charge in [-0.05, 0) is 49.4 Å². The number of nitrogens with one attached hydrogen (secondary N) is 3. The number of hydrogen-bond donors (Lipinski definition) is 3. The Bertz CT molecular complexity index is 966. The lowest BCUT2D eigenvalue weighted by atomic mass is 10.2. The lowest BCUT2D eigenvalue weighted by Crippen LogP contribution is -2.25. The van der Waals surface area contributed by atoms with Gasteiger partial charge in [-0.2, -0.15) is 0 Å². The Morgan fingerprint density at radius 1 is 1.32 bits per heavy atom. The molecule has 3 aromatic rings. The van der Waals surface area contributed by atoms with E-state index in [-0.39, 0.29) is 17.2 Å². The average Bonchev–Trinajstić information content (AvgIpc) is 3.45. The van der Waals surface area contributed by atoms with Gasteiger partial charge in [0, 0.05) is 17.8 Å². The molecule has 2 heterocycles. The number of rotatable bonds is 6. The van der Waals surface area contributed by atoms with Crippen LogP contribution in [0.4, 0.5) is 15.8 Å². The van der Waals surface area contributed by atoms with Gasteiger partial charge in [0.15, 0.2) is 0 Å². The number of carbonyl (C=O) groups excluding carboxylic acids is 1. The quantitative estimate of drug-likeness (QED) is 0.531. The van der Waals surface area contributed by atoms with E-state index in [9.17, 15) is 9.18 Å². The van der Waals surface area contributed by atoms with Crippen molar-refractivity contribution >= 4 is 28.2 Å². The third-order valence-corrected chi connectivity index (χ3v) is 4.39. The van der Waals surface area contributed by atoms with E-state index in [0.717, 1.165) is 23.9 Å². The number of pyridine rings is 1. The van der Waals surface area contributed by atoms with E-state index in [4.69, 9.17) is 4.84 Å². The van der Waals surface area contributed by atoms with Crippen molar-refractivity contribution in [3.63, 3.8) is 0 Å². The predicted molar refractivity (Wildman–Crippen MR) is 108 cm³/mol. The zero-order valence-electron chi connectivity index (χ0n) is 16.3. The number of halogens is 1. The molecule has 2 aromatic heterocycles. The van der Waals surface area contributed by atoms with Crippen LogP contribution in [0.2, 0.25) is 0 Å². The van der Waals surface area contributed by atoms with Crippen LogP contribution < -0.4 is 10.8 Å². The molecular weight excluding hydrogens is 359 g/mol. The van der Waals surface area contributed by atoms with Crippen LogP contribution in [0, 0.1) is 18.7 Å². The number of aryl methyl sites for hydroxylation is 1. The highest BCUT2D eigenvalue weighted by molar-refractivity contribution is 6.08. The van der Waals surface area contributed by atoms with Gasteiger partial charge in [0.1, 0.15) is 11.5 Å². The van der Waals surface area contributed by atoms with Crippen LogP contribution in [0.3, 0.4) is 0 Å². The second-order valence-electron chi connectivity index (χ2n) is 6.59. The SMILES string of the molecule is CC.Cc1ccc(Nc2c(C(=O)NOCC3CC3)[nH]c3ccncc23)c(F)c1. The molecule has 1 fully saturated rings. The number of benzene rings is 1. The number of hydroxylamine groups is 1. The summed E-state index contributed by atoms with van der Waals surface area (Å²) < 4.78 is 14.3. The molecule has 4 rings (SSSR count). The third kappa shape index (κ3) is 4.48. The average molecular weight is 384 g/mol. The van der Waals surface area contributed by atoms with Crippen molar-refractivity contribution in [2.75, 3.05) is 11.9 Å². The Morgan fingerprint density at radius 3 is 2.82 bits per heavy atom. The number of carbonyl (C=O) groups is 1. The van der Waals surface area contributed by atoms with Crippen LogP contribution in [0.15, 0.2) is 36.7 Å². The predicted octanol–water partition coefficient (Wildman–Crippen LogP) is 4.85. The van der Waals surface area contributed by atoms with Crippen molar-refractivity contribution in [2.24, 2.45) is 5.92 Å². The molecule has 0 aliphatic heterocycles. The van der Waals surface area contributed by atoms with Crippen LogP contribution in [-0.2, 0) is 4.84 Å². The Balaban J connectivity index is 0.00000109. The molecule has 0 radical (unpaired) electrons. The van der Waals surface area contributed by atoms with Gasteiger partial charge in [0.05, 0.1) is 23.5 Å². The highest BCUT2D eigenvalue weighted by Gasteiger charge is 2.23. The van der Waals surface area contributed by atoms with Crippen molar-refractivity contribution in [3.8, 4) is 0 Å². The molecule has 7 heteroatoms. The molecule has 148 valence electrons. The number of hydrogen-bond acceptors (Lipinski definition) is 4. The standard InChI is InChI=1S/C19H19FN4O2.C2H6/c1-11-2-5-16(14(20)8-11)23-17-13-9-21-7-6-15(13)22-18(17)19(25)24-26-10-12-3-4-12;1-2/h2,5-9,12,22-23H,3-4,10H2,1H3,(H,24,25);1-2H3. The fourth-order valence-electron chi connectivity index (χ4n) is 2.75. The summed E-state index contributed by atoms with van der Waals surface area (Å²) in [6.45, 7) is 6.32. The van der Waals surface area contributed by atoms with Gasteiger partial charge in [-0.1, -0.05) is 19.9 Å². The van der Waals surface area contributed by atoms with Crippen molar-refractivity contribution in [3.05, 3.63) is 53.7 Å². The first kappa shape index (κ1) is 19.8. The largest absolute Gasteiger partial charge is 0.351 e. The van der Waals surface area contributed by atoms with Crippen LogP contribution in [0.25, 0.3) is 10.9 Å². The summed E-state index contributed by atoms with van der Waals surface area (Å²) in [5, 5.41) is 3.72. The van der Waals surface area contributed by atoms with Crippen LogP contribution in [0.5, 0.6) is 0 Å². The molecule has 1 amide bonds. The zero-order valence-corrected chi connectivity index (χ0v) is 16.3. The number of aromatic amines is 1. The van der Waals surface area contributed by atoms with Gasteiger partial charge < -0.3 is 10.3 Å². The molecule has 0 unspecified atom stereocenters. The zero-order chi connectivity index (χ0) is 20.1. The minimum absolute atomic E-state index is 0.267. The molecular formula is C21H25FN4O2. The van der Waals surface area contributed by atoms with Gasteiger partial charge in [0.2, 0.25) is 0 Å². The highest BCUT2D eigenvalue weighted by Crippen LogP contribution is 2.31. The monoisotopic (exact) mass is 384 g/mol. The summed E-state index contributed by atoms with van der Waals surface area (Å²) in [6, 6.07) is 6.64. The minimum atomic E-state index is -0.420. The Morgan fingerprint density at radius 2 is 2.11 bits per heavy atom. The first-order valence-electron chi connectivity index (χ1n) is 9.53. The van der Waals surface area contributed by atoms with E-state index in [0.29, 0.717) is 23.6 Å². The lowest BCUT2D eigenvalue weighted by molar-refractivity contribution is 0.0267. The van der Waals surface area contributed by atoms with Gasteiger partial charge in [0.25, 0.3) is 5.91 Å². The highest BCUT2D eigenvalue weighted by atomic mass is 19.1. The number of amides is 1. The Labute approximate surface area is 163 Å². The van der Waals surface area contributed by atoms with Gasteiger partial charge in [-0.25, -0.2) is 9.87 Å². The Hall–Kier alpha value is -2.93. The maximum Gasteiger partial charge on any atom is 0.293 e. The maximum absolute atomic E-state index is 14.3. The number of anilines is 2. The molecule has 0 spiro atoms. The fraction of sp³-hybridized carbons (Fsp3) is 0.333. The summed E-state index contributed by atoms with van der Waals surface area (Å²) in [4.78, 5) is 25.0. The van der Waals surface area contributed by atoms with E-state index < -0.39 is 5.91 Å². The molecule has 0 saturated heterocycles. The summed E-state index contributed by atoms with van der Waals surface area (Å²) >= 11 is 0. The summed E-state index contributed by atoms with van der Waals surface area (Å²) in [5.74, 6) is -0.280. The van der Waals surface area contributed by atoms with Crippen LogP contribution >= 0.6 is 0 Å². The summed E-state index contributed by atoms with van der Waals surface area (Å²) in [6.07, 6.45) is 5.52. The van der Waals surface area contributed by atoms with E-state index in [2.05, 4.69) is 20.8 Å². The van der Waals surface area contributed by atoms with Crippen molar-refractivity contribution in [1.29, 1.82) is 0 Å². The van der Waals surface area contributed by atoms with Crippen LogP contribution in [0.1, 0.15) is 42.7 Å².